The molecule has 0 heterocycles. The summed E-state index contributed by atoms with van der Waals surface area (Å²) in [6.07, 6.45) is -4.82. The molecule has 7 heteroatoms. The van der Waals surface area contributed by atoms with Gasteiger partial charge in [0.25, 0.3) is 0 Å². The molecule has 0 bridgehead atoms. The lowest BCUT2D eigenvalue weighted by Gasteiger charge is -2.10. The summed E-state index contributed by atoms with van der Waals surface area (Å²) in [6.45, 7) is 1.30. The normalized spacial score (nSPS) is 11.2. The highest BCUT2D eigenvalue weighted by molar-refractivity contribution is 6.31. The first-order valence-electron chi connectivity index (χ1n) is 5.27. The molecule has 0 fully saturated rings. The van der Waals surface area contributed by atoms with Crippen LogP contribution in [0.15, 0.2) is 18.2 Å². The van der Waals surface area contributed by atoms with Gasteiger partial charge in [-0.15, -0.1) is 0 Å². The van der Waals surface area contributed by atoms with Gasteiger partial charge in [0, 0.05) is 6.42 Å². The molecule has 0 aliphatic carbocycles. The predicted molar refractivity (Wildman–Crippen MR) is 62.0 cm³/mol. The van der Waals surface area contributed by atoms with Crippen molar-refractivity contribution in [2.75, 3.05) is 0 Å². The number of benzene rings is 1. The summed E-state index contributed by atoms with van der Waals surface area (Å²) in [4.78, 5) is 21.9. The second kappa shape index (κ2) is 6.06. The van der Waals surface area contributed by atoms with Crippen LogP contribution >= 0.6 is 11.6 Å². The van der Waals surface area contributed by atoms with E-state index in [-0.39, 0.29) is 24.4 Å². The Labute approximate surface area is 112 Å². The van der Waals surface area contributed by atoms with E-state index in [2.05, 4.69) is 0 Å². The van der Waals surface area contributed by atoms with Crippen LogP contribution in [0, 0.1) is 0 Å². The van der Waals surface area contributed by atoms with Gasteiger partial charge in [-0.3, -0.25) is 4.79 Å². The Balaban J connectivity index is 2.80. The number of halogens is 4. The second-order valence-electron chi connectivity index (χ2n) is 3.82. The maximum Gasteiger partial charge on any atom is 0.417 e. The van der Waals surface area contributed by atoms with Gasteiger partial charge in [0.05, 0.1) is 17.0 Å². The highest BCUT2D eigenvalue weighted by Gasteiger charge is 2.33. The topological polar surface area (TPSA) is 43.4 Å². The predicted octanol–water partition coefficient (Wildman–Crippen LogP) is 3.63. The highest BCUT2D eigenvalue weighted by Crippen LogP contribution is 2.36. The average Bonchev–Trinajstić information content (AvgIpc) is 2.27. The van der Waals surface area contributed by atoms with Crippen LogP contribution in [0.3, 0.4) is 0 Å². The average molecular weight is 295 g/mol. The summed E-state index contributed by atoms with van der Waals surface area (Å²) in [5, 5.41) is -0.476. The Bertz CT molecular complexity index is 497. The van der Waals surface area contributed by atoms with E-state index in [1.807, 2.05) is 0 Å². The Morgan fingerprint density at radius 1 is 1.26 bits per heavy atom. The summed E-state index contributed by atoms with van der Waals surface area (Å²) in [7, 11) is 0. The zero-order chi connectivity index (χ0) is 14.6. The molecule has 3 nitrogen and oxygen atoms in total. The second-order valence-corrected chi connectivity index (χ2v) is 4.22. The van der Waals surface area contributed by atoms with Gasteiger partial charge >= 0.3 is 12.1 Å². The third kappa shape index (κ3) is 4.90. The lowest BCUT2D eigenvalue weighted by atomic mass is 10.2. The largest absolute Gasteiger partial charge is 0.427 e. The third-order valence-corrected chi connectivity index (χ3v) is 2.49. The minimum absolute atomic E-state index is 0.0153. The molecule has 0 atom stereocenters. The van der Waals surface area contributed by atoms with Crippen molar-refractivity contribution in [3.8, 4) is 5.75 Å². The van der Waals surface area contributed by atoms with Crippen LogP contribution < -0.4 is 4.74 Å². The van der Waals surface area contributed by atoms with E-state index >= 15 is 0 Å². The molecule has 0 unspecified atom stereocenters. The van der Waals surface area contributed by atoms with E-state index in [0.717, 1.165) is 12.1 Å². The molecule has 0 aliphatic heterocycles. The van der Waals surface area contributed by atoms with Crippen LogP contribution in [0.25, 0.3) is 0 Å². The van der Waals surface area contributed by atoms with Crippen molar-refractivity contribution in [1.29, 1.82) is 0 Å². The number of Topliss-reactive ketones (excluding diaryl/α,β-unsaturated/α-hetero) is 1. The number of ketones is 1. The fourth-order valence-corrected chi connectivity index (χ4v) is 1.47. The van der Waals surface area contributed by atoms with Crippen molar-refractivity contribution < 1.29 is 27.5 Å². The first-order valence-corrected chi connectivity index (χ1v) is 5.65. The molecule has 104 valence electrons. The summed E-state index contributed by atoms with van der Waals surface area (Å²) in [5.41, 5.74) is -1.08. The van der Waals surface area contributed by atoms with Crippen LogP contribution in [0.5, 0.6) is 5.75 Å². The van der Waals surface area contributed by atoms with E-state index in [1.165, 1.54) is 6.92 Å². The molecule has 0 aromatic heterocycles. The lowest BCUT2D eigenvalue weighted by molar-refractivity contribution is -0.139. The smallest absolute Gasteiger partial charge is 0.417 e. The van der Waals surface area contributed by atoms with Crippen molar-refractivity contribution >= 4 is 23.4 Å². The first kappa shape index (κ1) is 15.5. The van der Waals surface area contributed by atoms with Gasteiger partial charge in [0.1, 0.15) is 11.5 Å². The van der Waals surface area contributed by atoms with Crippen molar-refractivity contribution in [2.24, 2.45) is 0 Å². The van der Waals surface area contributed by atoms with Crippen LogP contribution in [0.2, 0.25) is 5.02 Å². The van der Waals surface area contributed by atoms with Gasteiger partial charge in [0.15, 0.2) is 0 Å². The fraction of sp³-hybridized carbons (Fsp3) is 0.333. The molecular formula is C12H10ClF3O3. The number of esters is 1. The van der Waals surface area contributed by atoms with E-state index in [9.17, 15) is 22.8 Å². The number of carbonyl (C=O) groups excluding carboxylic acids is 2. The molecule has 0 radical (unpaired) electrons. The standard InChI is InChI=1S/C12H10ClF3O3/c1-7(17)2-5-11(18)19-8-3-4-10(13)9(6-8)12(14,15)16/h3-4,6H,2,5H2,1H3. The maximum absolute atomic E-state index is 12.6. The zero-order valence-electron chi connectivity index (χ0n) is 9.88. The number of rotatable bonds is 4. The van der Waals surface area contributed by atoms with Crippen LogP contribution in [0.4, 0.5) is 13.2 Å². The first-order chi connectivity index (χ1) is 8.70. The molecule has 1 rings (SSSR count). The quantitative estimate of drug-likeness (QED) is 0.629. The van der Waals surface area contributed by atoms with Gasteiger partial charge in [-0.2, -0.15) is 13.2 Å². The summed E-state index contributed by atoms with van der Waals surface area (Å²) in [6, 6.07) is 2.80. The van der Waals surface area contributed by atoms with Crippen LogP contribution in [0.1, 0.15) is 25.3 Å². The SMILES string of the molecule is CC(=O)CCC(=O)Oc1ccc(Cl)c(C(F)(F)F)c1. The van der Waals surface area contributed by atoms with Gasteiger partial charge in [-0.05, 0) is 25.1 Å². The van der Waals surface area contributed by atoms with Crippen molar-refractivity contribution in [3.05, 3.63) is 28.8 Å². The van der Waals surface area contributed by atoms with Crippen molar-refractivity contribution in [3.63, 3.8) is 0 Å². The molecule has 19 heavy (non-hydrogen) atoms. The molecule has 0 spiro atoms. The monoisotopic (exact) mass is 294 g/mol. The minimum Gasteiger partial charge on any atom is -0.427 e. The maximum atomic E-state index is 12.6. The molecule has 0 saturated heterocycles. The van der Waals surface area contributed by atoms with Gasteiger partial charge < -0.3 is 9.53 Å². The lowest BCUT2D eigenvalue weighted by Crippen LogP contribution is -2.11. The van der Waals surface area contributed by atoms with E-state index in [4.69, 9.17) is 16.3 Å². The van der Waals surface area contributed by atoms with Crippen molar-refractivity contribution in [2.45, 2.75) is 25.9 Å². The number of hydrogen-bond acceptors (Lipinski definition) is 3. The van der Waals surface area contributed by atoms with Crippen molar-refractivity contribution in [1.82, 2.24) is 0 Å². The summed E-state index contributed by atoms with van der Waals surface area (Å²) in [5.74, 6) is -1.24. The number of alkyl halides is 3. The Morgan fingerprint density at radius 3 is 2.42 bits per heavy atom. The number of carbonyl (C=O) groups is 2. The Hall–Kier alpha value is -1.56. The minimum atomic E-state index is -4.63. The van der Waals surface area contributed by atoms with E-state index in [0.29, 0.717) is 6.07 Å². The fourth-order valence-electron chi connectivity index (χ4n) is 1.25. The third-order valence-electron chi connectivity index (χ3n) is 2.16. The van der Waals surface area contributed by atoms with Gasteiger partial charge in [0.2, 0.25) is 0 Å². The Morgan fingerprint density at radius 2 is 1.89 bits per heavy atom. The van der Waals surface area contributed by atoms with E-state index < -0.39 is 22.7 Å². The Kier molecular flexibility index (Phi) is 4.94. The number of ether oxygens (including phenoxy) is 1. The molecule has 0 N–H and O–H groups in total. The van der Waals surface area contributed by atoms with Crippen LogP contribution in [-0.4, -0.2) is 11.8 Å². The molecule has 1 aromatic rings. The van der Waals surface area contributed by atoms with Gasteiger partial charge in [-0.25, -0.2) is 0 Å². The highest BCUT2D eigenvalue weighted by atomic mass is 35.5. The summed E-state index contributed by atoms with van der Waals surface area (Å²) >= 11 is 5.41. The molecular weight excluding hydrogens is 285 g/mol. The number of hydrogen-bond donors (Lipinski definition) is 0. The zero-order valence-corrected chi connectivity index (χ0v) is 10.6. The molecule has 0 amide bonds. The van der Waals surface area contributed by atoms with Crippen LogP contribution in [-0.2, 0) is 15.8 Å². The molecule has 0 aliphatic rings. The summed E-state index contributed by atoms with van der Waals surface area (Å²) < 4.78 is 42.4. The molecule has 0 saturated carbocycles. The van der Waals surface area contributed by atoms with E-state index in [1.54, 1.807) is 0 Å². The molecule has 1 aromatic carbocycles. The van der Waals surface area contributed by atoms with Gasteiger partial charge in [-0.1, -0.05) is 11.6 Å².